The molecule has 0 amide bonds. The number of aliphatic hydroxyl groups is 2. The maximum absolute atomic E-state index is 13.0. The molecule has 10 unspecified atom stereocenters. The third-order valence-electron chi connectivity index (χ3n) is 9.34. The average molecular weight is 677 g/mol. The van der Waals surface area contributed by atoms with Gasteiger partial charge in [-0.3, -0.25) is 0 Å². The molecule has 5 N–H and O–H groups in total. The second-order valence-electron chi connectivity index (χ2n) is 13.0. The van der Waals surface area contributed by atoms with E-state index in [1.165, 1.54) is 6.08 Å². The number of benzene rings is 1. The summed E-state index contributed by atoms with van der Waals surface area (Å²) in [5, 5.41) is 53.6. The normalized spacial score (nSPS) is 30.7. The number of rotatable bonds is 18. The third-order valence-corrected chi connectivity index (χ3v) is 9.34. The van der Waals surface area contributed by atoms with Gasteiger partial charge in [-0.25, -0.2) is 19.2 Å². The third kappa shape index (κ3) is 7.50. The number of aliphatic hydroxyl groups excluding tert-OH is 1. The van der Waals surface area contributed by atoms with Gasteiger partial charge < -0.3 is 44.5 Å². The highest BCUT2D eigenvalue weighted by molar-refractivity contribution is 5.98. The van der Waals surface area contributed by atoms with Crippen LogP contribution in [0.2, 0.25) is 0 Å². The first-order chi connectivity index (χ1) is 22.5. The van der Waals surface area contributed by atoms with Crippen molar-refractivity contribution in [2.75, 3.05) is 6.61 Å². The zero-order chi connectivity index (χ0) is 36.0. The Morgan fingerprint density at radius 1 is 1.04 bits per heavy atom. The van der Waals surface area contributed by atoms with Gasteiger partial charge in [-0.15, -0.1) is 0 Å². The fraction of sp³-hybridized carbons (Fsp3) is 0.600. The Labute approximate surface area is 280 Å². The van der Waals surface area contributed by atoms with Crippen LogP contribution in [0.15, 0.2) is 54.6 Å². The van der Waals surface area contributed by atoms with E-state index in [1.807, 2.05) is 58.0 Å². The van der Waals surface area contributed by atoms with Crippen molar-refractivity contribution in [3.05, 3.63) is 60.2 Å². The van der Waals surface area contributed by atoms with Crippen molar-refractivity contribution in [1.29, 1.82) is 0 Å². The lowest BCUT2D eigenvalue weighted by atomic mass is 9.74. The number of carboxylic acid groups (broad SMARTS) is 3. The molecule has 0 spiro atoms. The molecule has 2 aliphatic heterocycles. The topological polar surface area (TPSA) is 206 Å². The second-order valence-corrected chi connectivity index (χ2v) is 13.0. The van der Waals surface area contributed by atoms with Crippen LogP contribution in [0.1, 0.15) is 65.9 Å². The number of hydrogen-bond acceptors (Lipinski definition) is 10. The molecule has 1 aromatic carbocycles. The van der Waals surface area contributed by atoms with E-state index in [-0.39, 0.29) is 18.3 Å². The highest BCUT2D eigenvalue weighted by Gasteiger charge is 2.85. The molecule has 2 bridgehead atoms. The van der Waals surface area contributed by atoms with Crippen LogP contribution in [0.5, 0.6) is 0 Å². The highest BCUT2D eigenvalue weighted by Crippen LogP contribution is 2.56. The quantitative estimate of drug-likeness (QED) is 0.0860. The van der Waals surface area contributed by atoms with Gasteiger partial charge in [0.15, 0.2) is 6.10 Å². The van der Waals surface area contributed by atoms with Gasteiger partial charge in [-0.2, -0.15) is 0 Å². The van der Waals surface area contributed by atoms with Gasteiger partial charge >= 0.3 is 23.9 Å². The molecule has 2 saturated heterocycles. The van der Waals surface area contributed by atoms with Gasteiger partial charge in [0, 0.05) is 19.1 Å². The predicted molar refractivity (Wildman–Crippen MR) is 171 cm³/mol. The molecule has 0 saturated carbocycles. The van der Waals surface area contributed by atoms with Crippen LogP contribution in [0.25, 0.3) is 0 Å². The number of fused-ring (bicyclic) bond motifs is 2. The van der Waals surface area contributed by atoms with E-state index in [9.17, 15) is 44.7 Å². The highest BCUT2D eigenvalue weighted by atomic mass is 16.8. The van der Waals surface area contributed by atoms with Gasteiger partial charge in [-0.05, 0) is 55.1 Å². The lowest BCUT2D eigenvalue weighted by molar-refractivity contribution is -0.374. The number of aliphatic carboxylic acids is 3. The Morgan fingerprint density at radius 3 is 2.23 bits per heavy atom. The molecule has 2 fully saturated rings. The van der Waals surface area contributed by atoms with Crippen molar-refractivity contribution in [3.63, 3.8) is 0 Å². The minimum Gasteiger partial charge on any atom is -0.479 e. The summed E-state index contributed by atoms with van der Waals surface area (Å²) in [5.74, 6) is -10.1. The molecule has 48 heavy (non-hydrogen) atoms. The Balaban J connectivity index is 2.00. The van der Waals surface area contributed by atoms with E-state index in [1.54, 1.807) is 6.92 Å². The van der Waals surface area contributed by atoms with Crippen LogP contribution in [0.4, 0.5) is 0 Å². The number of carboxylic acids is 3. The summed E-state index contributed by atoms with van der Waals surface area (Å²) < 4.78 is 22.6. The largest absolute Gasteiger partial charge is 0.479 e. The molecule has 0 radical (unpaired) electrons. The Morgan fingerprint density at radius 2 is 1.69 bits per heavy atom. The summed E-state index contributed by atoms with van der Waals surface area (Å²) in [7, 11) is 0. The minimum absolute atomic E-state index is 0.0813. The van der Waals surface area contributed by atoms with Crippen molar-refractivity contribution >= 4 is 23.9 Å². The number of carbonyl (C=O) groups is 4. The first kappa shape index (κ1) is 38.8. The van der Waals surface area contributed by atoms with Crippen LogP contribution >= 0.6 is 0 Å². The summed E-state index contributed by atoms with van der Waals surface area (Å²) in [5.41, 5.74) is -5.83. The van der Waals surface area contributed by atoms with E-state index < -0.39 is 71.7 Å². The van der Waals surface area contributed by atoms with E-state index in [4.69, 9.17) is 18.9 Å². The summed E-state index contributed by atoms with van der Waals surface area (Å²) in [6, 6.07) is 9.63. The number of allylic oxidation sites excluding steroid dienone is 1. The van der Waals surface area contributed by atoms with Crippen LogP contribution < -0.4 is 0 Å². The smallest absolute Gasteiger partial charge is 0.344 e. The Kier molecular flexibility index (Phi) is 12.7. The molecule has 13 heteroatoms. The van der Waals surface area contributed by atoms with Crippen molar-refractivity contribution in [3.8, 4) is 0 Å². The van der Waals surface area contributed by atoms with Crippen molar-refractivity contribution in [2.24, 2.45) is 17.8 Å². The van der Waals surface area contributed by atoms with Crippen molar-refractivity contribution in [2.45, 2.75) is 108 Å². The maximum atomic E-state index is 13.0. The lowest BCUT2D eigenvalue weighted by Gasteiger charge is -2.48. The van der Waals surface area contributed by atoms with Crippen molar-refractivity contribution in [1.82, 2.24) is 0 Å². The number of esters is 1. The summed E-state index contributed by atoms with van der Waals surface area (Å²) >= 11 is 0. The van der Waals surface area contributed by atoms with Gasteiger partial charge in [0.2, 0.25) is 23.1 Å². The van der Waals surface area contributed by atoms with Gasteiger partial charge in [-0.1, -0.05) is 77.1 Å². The molecule has 0 aromatic heterocycles. The van der Waals surface area contributed by atoms with Gasteiger partial charge in [0.25, 0.3) is 0 Å². The van der Waals surface area contributed by atoms with E-state index in [0.717, 1.165) is 24.5 Å². The molecule has 266 valence electrons. The van der Waals surface area contributed by atoms with Gasteiger partial charge in [0.05, 0.1) is 6.10 Å². The molecular weight excluding hydrogens is 628 g/mol. The molecule has 13 nitrogen and oxygen atoms in total. The van der Waals surface area contributed by atoms with E-state index in [0.29, 0.717) is 24.5 Å². The molecule has 2 aliphatic rings. The average Bonchev–Trinajstić information content (AvgIpc) is 3.25. The standard InChI is InChI=1S/C35H48O13/c1-7-20(3)18-21(4)14-15-25(36)46-28-27(37)33(47-29(30(38)39)34(44,31(40)41)35(28,48-33)32(42)43)17-16-22(5)26(45-8-2)23(6)19-24-12-10-9-11-13-24/h9-15,20-21,23,26-29,37,44H,5,7-8,16-19H2,1-4,6H3,(H,38,39)(H,40,41)(H,42,43)/b15-14+. The second kappa shape index (κ2) is 15.7. The lowest BCUT2D eigenvalue weighted by Crippen LogP contribution is -2.78. The van der Waals surface area contributed by atoms with Crippen LogP contribution in [-0.2, 0) is 44.5 Å². The number of carbonyl (C=O) groups excluding carboxylic acids is 1. The minimum atomic E-state index is -3.85. The predicted octanol–water partition coefficient (Wildman–Crippen LogP) is 3.36. The summed E-state index contributed by atoms with van der Waals surface area (Å²) in [6.45, 7) is 14.1. The number of hydrogen-bond donors (Lipinski definition) is 5. The SMILES string of the molecule is C=C(CCC12OC(C(=O)O)C(O)(C(=O)O)C(C(=O)O)(O1)C(OC(=O)/C=C/C(C)CC(C)CC)C2O)C(OCC)C(C)Cc1ccccc1. The molecule has 2 heterocycles. The zero-order valence-electron chi connectivity index (χ0n) is 28.0. The van der Waals surface area contributed by atoms with Crippen LogP contribution in [-0.4, -0.2) is 97.4 Å². The zero-order valence-corrected chi connectivity index (χ0v) is 28.0. The van der Waals surface area contributed by atoms with Crippen molar-refractivity contribution < 1.29 is 63.7 Å². The first-order valence-electron chi connectivity index (χ1n) is 16.2. The Hall–Kier alpha value is -3.62. The van der Waals surface area contributed by atoms with Gasteiger partial charge in [0.1, 0.15) is 6.10 Å². The molecular formula is C35H48O13. The first-order valence-corrected chi connectivity index (χ1v) is 16.2. The maximum Gasteiger partial charge on any atom is 0.344 e. The fourth-order valence-electron chi connectivity index (χ4n) is 6.67. The molecule has 0 aliphatic carbocycles. The fourth-order valence-corrected chi connectivity index (χ4v) is 6.67. The van der Waals surface area contributed by atoms with E-state index in [2.05, 4.69) is 6.58 Å². The molecule has 1 aromatic rings. The monoisotopic (exact) mass is 676 g/mol. The van der Waals surface area contributed by atoms with Crippen LogP contribution in [0.3, 0.4) is 0 Å². The Bertz CT molecular complexity index is 1360. The molecule has 3 rings (SSSR count). The molecule has 10 atom stereocenters. The van der Waals surface area contributed by atoms with Crippen LogP contribution in [0, 0.1) is 17.8 Å². The summed E-state index contributed by atoms with van der Waals surface area (Å²) in [6.07, 6.45) is -3.74. The van der Waals surface area contributed by atoms with E-state index >= 15 is 0 Å². The number of ether oxygens (including phenoxy) is 4. The summed E-state index contributed by atoms with van der Waals surface area (Å²) in [4.78, 5) is 50.9.